The molecule has 1 unspecified atom stereocenters. The zero-order valence-corrected chi connectivity index (χ0v) is 10.5. The average Bonchev–Trinajstić information content (AvgIpc) is 2.40. The van der Waals surface area contributed by atoms with Gasteiger partial charge in [-0.3, -0.25) is 0 Å². The van der Waals surface area contributed by atoms with Gasteiger partial charge in [0.1, 0.15) is 0 Å². The molecule has 0 bridgehead atoms. The molecular weight excluding hydrogens is 206 g/mol. The van der Waals surface area contributed by atoms with Crippen molar-refractivity contribution >= 4 is 0 Å². The molecular formula is C16H21N. The van der Waals surface area contributed by atoms with Crippen LogP contribution in [0.2, 0.25) is 0 Å². The van der Waals surface area contributed by atoms with Crippen molar-refractivity contribution in [2.45, 2.75) is 50.6 Å². The molecule has 0 radical (unpaired) electrons. The van der Waals surface area contributed by atoms with E-state index in [2.05, 4.69) is 48.5 Å². The van der Waals surface area contributed by atoms with Crippen LogP contribution in [0.1, 0.15) is 44.1 Å². The summed E-state index contributed by atoms with van der Waals surface area (Å²) in [5.41, 5.74) is 1.50. The third kappa shape index (κ3) is 3.35. The molecule has 0 heterocycles. The Balaban J connectivity index is 1.85. The van der Waals surface area contributed by atoms with E-state index in [1.54, 1.807) is 0 Å². The van der Waals surface area contributed by atoms with Crippen LogP contribution < -0.4 is 5.32 Å². The lowest BCUT2D eigenvalue weighted by Crippen LogP contribution is -2.38. The topological polar surface area (TPSA) is 12.0 Å². The first-order valence-corrected chi connectivity index (χ1v) is 6.56. The van der Waals surface area contributed by atoms with Crippen molar-refractivity contribution in [2.75, 3.05) is 0 Å². The predicted molar refractivity (Wildman–Crippen MR) is 72.9 cm³/mol. The van der Waals surface area contributed by atoms with Crippen molar-refractivity contribution in [3.8, 4) is 12.3 Å². The fraction of sp³-hybridized carbons (Fsp3) is 0.500. The third-order valence-corrected chi connectivity index (χ3v) is 3.73. The summed E-state index contributed by atoms with van der Waals surface area (Å²) < 4.78 is 0. The summed E-state index contributed by atoms with van der Waals surface area (Å²) in [4.78, 5) is 0. The van der Waals surface area contributed by atoms with E-state index in [9.17, 15) is 0 Å². The summed E-state index contributed by atoms with van der Waals surface area (Å²) in [7, 11) is 0. The molecule has 17 heavy (non-hydrogen) atoms. The lowest BCUT2D eigenvalue weighted by atomic mass is 9.81. The van der Waals surface area contributed by atoms with E-state index in [4.69, 9.17) is 6.42 Å². The van der Waals surface area contributed by atoms with Crippen LogP contribution in [0.15, 0.2) is 30.3 Å². The Bertz CT molecular complexity index is 368. The second kappa shape index (κ2) is 5.89. The van der Waals surface area contributed by atoms with E-state index in [-0.39, 0.29) is 6.04 Å². The molecule has 1 heteroatoms. The fourth-order valence-electron chi connectivity index (χ4n) is 2.72. The van der Waals surface area contributed by atoms with Gasteiger partial charge in [0.2, 0.25) is 0 Å². The Hall–Kier alpha value is -1.26. The Morgan fingerprint density at radius 1 is 1.18 bits per heavy atom. The molecule has 1 aliphatic carbocycles. The van der Waals surface area contributed by atoms with Gasteiger partial charge < -0.3 is 5.32 Å². The first-order chi connectivity index (χ1) is 8.29. The summed E-state index contributed by atoms with van der Waals surface area (Å²) in [5, 5.41) is 3.50. The average molecular weight is 227 g/mol. The van der Waals surface area contributed by atoms with Gasteiger partial charge in [-0.2, -0.15) is 0 Å². The van der Waals surface area contributed by atoms with Gasteiger partial charge in [-0.15, -0.1) is 6.42 Å². The van der Waals surface area contributed by atoms with E-state index in [1.807, 2.05) is 0 Å². The second-order valence-corrected chi connectivity index (χ2v) is 5.01. The van der Waals surface area contributed by atoms with E-state index < -0.39 is 0 Å². The van der Waals surface area contributed by atoms with Gasteiger partial charge in [-0.05, 0) is 44.1 Å². The molecule has 2 rings (SSSR count). The van der Waals surface area contributed by atoms with Crippen LogP contribution in [-0.2, 0) is 0 Å². The highest BCUT2D eigenvalue weighted by Crippen LogP contribution is 2.32. The van der Waals surface area contributed by atoms with Crippen molar-refractivity contribution in [3.63, 3.8) is 0 Å². The van der Waals surface area contributed by atoms with E-state index >= 15 is 0 Å². The SMILES string of the molecule is C#CC(C)NC1CCC(c2ccccc2)CC1. The highest BCUT2D eigenvalue weighted by Gasteiger charge is 2.22. The predicted octanol–water partition coefficient (Wildman–Crippen LogP) is 3.32. The summed E-state index contributed by atoms with van der Waals surface area (Å²) in [6.45, 7) is 2.06. The molecule has 1 saturated carbocycles. The number of nitrogens with one attached hydrogen (secondary N) is 1. The summed E-state index contributed by atoms with van der Waals surface area (Å²) >= 11 is 0. The van der Waals surface area contributed by atoms with Crippen molar-refractivity contribution in [3.05, 3.63) is 35.9 Å². The van der Waals surface area contributed by atoms with Gasteiger partial charge >= 0.3 is 0 Å². The maximum absolute atomic E-state index is 5.40. The molecule has 0 aliphatic heterocycles. The van der Waals surface area contributed by atoms with Gasteiger partial charge in [-0.25, -0.2) is 0 Å². The first kappa shape index (κ1) is 12.2. The van der Waals surface area contributed by atoms with E-state index in [0.29, 0.717) is 6.04 Å². The minimum absolute atomic E-state index is 0.202. The van der Waals surface area contributed by atoms with Crippen LogP contribution in [0, 0.1) is 12.3 Å². The van der Waals surface area contributed by atoms with Gasteiger partial charge in [0, 0.05) is 6.04 Å². The molecule has 1 aromatic carbocycles. The zero-order chi connectivity index (χ0) is 12.1. The van der Waals surface area contributed by atoms with Crippen LogP contribution in [0.25, 0.3) is 0 Å². The minimum atomic E-state index is 0.202. The molecule has 0 aromatic heterocycles. The number of hydrogen-bond acceptors (Lipinski definition) is 1. The van der Waals surface area contributed by atoms with Crippen LogP contribution in [0.4, 0.5) is 0 Å². The largest absolute Gasteiger partial charge is 0.301 e. The minimum Gasteiger partial charge on any atom is -0.301 e. The molecule has 1 atom stereocenters. The normalized spacial score (nSPS) is 26.1. The number of benzene rings is 1. The maximum Gasteiger partial charge on any atom is 0.0660 e. The summed E-state index contributed by atoms with van der Waals surface area (Å²) in [6.07, 6.45) is 10.4. The van der Waals surface area contributed by atoms with E-state index in [1.165, 1.54) is 31.2 Å². The Morgan fingerprint density at radius 3 is 2.41 bits per heavy atom. The molecule has 0 spiro atoms. The molecule has 1 nitrogen and oxygen atoms in total. The molecule has 1 aliphatic rings. The molecule has 1 aromatic rings. The lowest BCUT2D eigenvalue weighted by molar-refractivity contribution is 0.335. The van der Waals surface area contributed by atoms with Crippen molar-refractivity contribution in [1.29, 1.82) is 0 Å². The molecule has 0 amide bonds. The highest BCUT2D eigenvalue weighted by atomic mass is 14.9. The number of rotatable bonds is 3. The number of terminal acetylenes is 1. The van der Waals surface area contributed by atoms with Crippen LogP contribution >= 0.6 is 0 Å². The van der Waals surface area contributed by atoms with Crippen LogP contribution in [0.5, 0.6) is 0 Å². The Labute approximate surface area is 105 Å². The fourth-order valence-corrected chi connectivity index (χ4v) is 2.72. The van der Waals surface area contributed by atoms with Crippen LogP contribution in [0.3, 0.4) is 0 Å². The smallest absolute Gasteiger partial charge is 0.0660 e. The van der Waals surface area contributed by atoms with Gasteiger partial charge in [0.25, 0.3) is 0 Å². The third-order valence-electron chi connectivity index (χ3n) is 3.73. The van der Waals surface area contributed by atoms with Gasteiger partial charge in [-0.1, -0.05) is 36.3 Å². The molecule has 90 valence electrons. The second-order valence-electron chi connectivity index (χ2n) is 5.01. The van der Waals surface area contributed by atoms with Crippen molar-refractivity contribution < 1.29 is 0 Å². The van der Waals surface area contributed by atoms with Crippen LogP contribution in [-0.4, -0.2) is 12.1 Å². The molecule has 1 fully saturated rings. The lowest BCUT2D eigenvalue weighted by Gasteiger charge is -2.30. The monoisotopic (exact) mass is 227 g/mol. The van der Waals surface area contributed by atoms with Gasteiger partial charge in [0.05, 0.1) is 6.04 Å². The quantitative estimate of drug-likeness (QED) is 0.781. The number of hydrogen-bond donors (Lipinski definition) is 1. The Morgan fingerprint density at radius 2 is 1.82 bits per heavy atom. The molecule has 0 saturated heterocycles. The molecule has 1 N–H and O–H groups in total. The standard InChI is InChI=1S/C16H21N/c1-3-13(2)17-16-11-9-15(10-12-16)14-7-5-4-6-8-14/h1,4-8,13,15-17H,9-12H2,2H3. The Kier molecular flexibility index (Phi) is 4.23. The van der Waals surface area contributed by atoms with Crippen molar-refractivity contribution in [2.24, 2.45) is 0 Å². The van der Waals surface area contributed by atoms with Crippen molar-refractivity contribution in [1.82, 2.24) is 5.32 Å². The summed E-state index contributed by atoms with van der Waals surface area (Å²) in [5.74, 6) is 3.49. The first-order valence-electron chi connectivity index (χ1n) is 6.56. The van der Waals surface area contributed by atoms with E-state index in [0.717, 1.165) is 5.92 Å². The zero-order valence-electron chi connectivity index (χ0n) is 10.5. The maximum atomic E-state index is 5.40. The highest BCUT2D eigenvalue weighted by molar-refractivity contribution is 5.20. The summed E-state index contributed by atoms with van der Waals surface area (Å²) in [6, 6.07) is 11.7. The van der Waals surface area contributed by atoms with Gasteiger partial charge in [0.15, 0.2) is 0 Å².